The van der Waals surface area contributed by atoms with Gasteiger partial charge in [-0.15, -0.1) is 0 Å². The van der Waals surface area contributed by atoms with E-state index in [9.17, 15) is 0 Å². The standard InChI is InChI=1S/C16H26O5/c1-9-5-6-12-10(2)13(17-4)18-14-16(12)11(9)7-8-15(3,19-14)20-21-16/h9-14H,5-8H2,1-4H3/t9-,10-,11+,12+,13+,14-,15-,16-/m1/s1/i4+1D3. The summed E-state index contributed by atoms with van der Waals surface area (Å²) in [6, 6.07) is 0. The smallest absolute Gasteiger partial charge is 0.201 e. The molecule has 5 nitrogen and oxygen atoms in total. The molecule has 4 saturated heterocycles. The molecule has 5 rings (SSSR count). The third kappa shape index (κ3) is 1.81. The van der Waals surface area contributed by atoms with Crippen LogP contribution in [0, 0.1) is 23.7 Å². The molecule has 120 valence electrons. The summed E-state index contributed by atoms with van der Waals surface area (Å²) in [5.74, 6) is -0.157. The zero-order chi connectivity index (χ0) is 17.3. The minimum atomic E-state index is -2.50. The Kier molecular flexibility index (Phi) is 2.51. The van der Waals surface area contributed by atoms with Crippen LogP contribution in [0.2, 0.25) is 0 Å². The summed E-state index contributed by atoms with van der Waals surface area (Å²) in [7, 11) is -2.50. The summed E-state index contributed by atoms with van der Waals surface area (Å²) < 4.78 is 39.6. The number of hydrogen-bond acceptors (Lipinski definition) is 5. The Hall–Kier alpha value is -0.200. The van der Waals surface area contributed by atoms with E-state index in [1.165, 1.54) is 0 Å². The van der Waals surface area contributed by atoms with E-state index < -0.39 is 31.0 Å². The molecule has 0 radical (unpaired) electrons. The third-order valence-corrected chi connectivity index (χ3v) is 6.21. The van der Waals surface area contributed by atoms with Crippen LogP contribution in [0.1, 0.15) is 50.6 Å². The van der Waals surface area contributed by atoms with E-state index in [1.54, 1.807) is 0 Å². The van der Waals surface area contributed by atoms with Crippen molar-refractivity contribution in [3.8, 4) is 0 Å². The van der Waals surface area contributed by atoms with Gasteiger partial charge in [-0.2, -0.15) is 0 Å². The third-order valence-electron chi connectivity index (χ3n) is 6.21. The van der Waals surface area contributed by atoms with Crippen LogP contribution in [-0.4, -0.2) is 31.0 Å². The molecule has 1 aliphatic carbocycles. The van der Waals surface area contributed by atoms with Crippen molar-refractivity contribution in [3.05, 3.63) is 0 Å². The van der Waals surface area contributed by atoms with Gasteiger partial charge in [0, 0.05) is 25.3 Å². The van der Waals surface area contributed by atoms with Crippen LogP contribution < -0.4 is 0 Å². The molecule has 0 aromatic rings. The van der Waals surface area contributed by atoms with Gasteiger partial charge in [-0.1, -0.05) is 13.8 Å². The van der Waals surface area contributed by atoms with Crippen LogP contribution >= 0.6 is 0 Å². The van der Waals surface area contributed by atoms with Gasteiger partial charge in [-0.05, 0) is 38.0 Å². The summed E-state index contributed by atoms with van der Waals surface area (Å²) in [5, 5.41) is 0. The molecule has 1 saturated carbocycles. The second kappa shape index (κ2) is 4.65. The first kappa shape index (κ1) is 11.4. The first-order valence-corrected chi connectivity index (χ1v) is 8.02. The summed E-state index contributed by atoms with van der Waals surface area (Å²) in [4.78, 5) is 11.7. The van der Waals surface area contributed by atoms with Gasteiger partial charge in [0.15, 0.2) is 18.2 Å². The Balaban J connectivity index is 1.72. The van der Waals surface area contributed by atoms with E-state index in [2.05, 4.69) is 6.92 Å². The van der Waals surface area contributed by atoms with Gasteiger partial charge in [-0.3, -0.25) is 0 Å². The lowest BCUT2D eigenvalue weighted by Crippen LogP contribution is -2.70. The molecule has 0 amide bonds. The van der Waals surface area contributed by atoms with Gasteiger partial charge in [0.2, 0.25) is 5.79 Å². The molecule has 5 heteroatoms. The van der Waals surface area contributed by atoms with Crippen molar-refractivity contribution in [2.24, 2.45) is 23.7 Å². The van der Waals surface area contributed by atoms with E-state index >= 15 is 0 Å². The summed E-state index contributed by atoms with van der Waals surface area (Å²) >= 11 is 0. The highest BCUT2D eigenvalue weighted by atomic mass is 17.3. The lowest BCUT2D eigenvalue weighted by Gasteiger charge is -2.60. The van der Waals surface area contributed by atoms with Crippen LogP contribution in [0.3, 0.4) is 0 Å². The summed E-state index contributed by atoms with van der Waals surface area (Å²) in [6.07, 6.45) is 2.18. The van der Waals surface area contributed by atoms with Gasteiger partial charge < -0.3 is 14.2 Å². The Labute approximate surface area is 130 Å². The first-order chi connectivity index (χ1) is 11.1. The average molecular weight is 302 g/mol. The minimum absolute atomic E-state index is 0.0763. The Morgan fingerprint density at radius 1 is 1.14 bits per heavy atom. The van der Waals surface area contributed by atoms with Crippen molar-refractivity contribution < 1.29 is 28.1 Å². The maximum absolute atomic E-state index is 7.42. The highest BCUT2D eigenvalue weighted by Gasteiger charge is 2.69. The highest BCUT2D eigenvalue weighted by Crippen LogP contribution is 2.60. The molecule has 5 aliphatic rings. The fraction of sp³-hybridized carbons (Fsp3) is 1.00. The number of ether oxygens (including phenoxy) is 3. The fourth-order valence-corrected chi connectivity index (χ4v) is 5.01. The Bertz CT molecular complexity index is 514. The van der Waals surface area contributed by atoms with Gasteiger partial charge in [0.1, 0.15) is 0 Å². The van der Waals surface area contributed by atoms with Crippen molar-refractivity contribution >= 4 is 0 Å². The van der Waals surface area contributed by atoms with E-state index in [0.29, 0.717) is 5.92 Å². The van der Waals surface area contributed by atoms with Crippen molar-refractivity contribution in [3.63, 3.8) is 0 Å². The molecule has 21 heavy (non-hydrogen) atoms. The second-order valence-corrected chi connectivity index (χ2v) is 7.39. The zero-order valence-electron chi connectivity index (χ0n) is 15.8. The molecule has 2 bridgehead atoms. The van der Waals surface area contributed by atoms with Crippen LogP contribution in [0.5, 0.6) is 0 Å². The summed E-state index contributed by atoms with van der Waals surface area (Å²) in [5.41, 5.74) is -0.679. The number of methoxy groups -OCH3 is 1. The zero-order valence-corrected chi connectivity index (χ0v) is 12.8. The molecule has 0 N–H and O–H groups in total. The van der Waals surface area contributed by atoms with Gasteiger partial charge in [0.05, 0.1) is 4.11 Å². The van der Waals surface area contributed by atoms with Crippen molar-refractivity contribution in [2.45, 2.75) is 70.4 Å². The highest BCUT2D eigenvalue weighted by molar-refractivity contribution is 5.08. The number of hydrogen-bond donors (Lipinski definition) is 0. The van der Waals surface area contributed by atoms with Crippen LogP contribution in [0.25, 0.3) is 0 Å². The SMILES string of the molecule is [2H][13C]([2H])([2H])O[C@H]1O[C@@H]2O[C@@]3(C)CC[C@H]4[C@H](C)CC[C@@H]([C@H]1C)[C@@]24OO3. The summed E-state index contributed by atoms with van der Waals surface area (Å²) in [6.45, 7) is 6.06. The van der Waals surface area contributed by atoms with Crippen molar-refractivity contribution in [2.75, 3.05) is 7.04 Å². The van der Waals surface area contributed by atoms with E-state index in [-0.39, 0.29) is 17.8 Å². The first-order valence-electron chi connectivity index (χ1n) is 9.52. The largest absolute Gasteiger partial charge is 0.355 e. The van der Waals surface area contributed by atoms with E-state index in [4.69, 9.17) is 28.1 Å². The molecule has 0 aromatic heterocycles. The molecule has 5 fully saturated rings. The predicted molar refractivity (Wildman–Crippen MR) is 73.8 cm³/mol. The molecule has 4 aliphatic heterocycles. The predicted octanol–water partition coefficient (Wildman–Crippen LogP) is 2.84. The lowest BCUT2D eigenvalue weighted by molar-refractivity contribution is -0.577. The molecule has 0 aromatic carbocycles. The van der Waals surface area contributed by atoms with Gasteiger partial charge in [-0.25, -0.2) is 9.78 Å². The quantitative estimate of drug-likeness (QED) is 0.550. The van der Waals surface area contributed by atoms with Crippen molar-refractivity contribution in [1.82, 2.24) is 0 Å². The normalized spacial score (nSPS) is 62.1. The molecule has 4 heterocycles. The minimum Gasteiger partial charge on any atom is -0.355 e. The molecular formula is C16H26O5. The average Bonchev–Trinajstić information content (AvgIpc) is 2.69. The maximum Gasteiger partial charge on any atom is 0.201 e. The van der Waals surface area contributed by atoms with E-state index in [1.807, 2.05) is 13.8 Å². The topological polar surface area (TPSA) is 46.2 Å². The lowest BCUT2D eigenvalue weighted by atomic mass is 9.58. The Morgan fingerprint density at radius 2 is 2.00 bits per heavy atom. The second-order valence-electron chi connectivity index (χ2n) is 7.39. The number of rotatable bonds is 1. The molecular weight excluding hydrogens is 273 g/mol. The number of fused-ring (bicyclic) bond motifs is 2. The van der Waals surface area contributed by atoms with E-state index in [0.717, 1.165) is 25.7 Å². The maximum atomic E-state index is 7.42. The van der Waals surface area contributed by atoms with Crippen molar-refractivity contribution in [1.29, 1.82) is 0 Å². The van der Waals surface area contributed by atoms with Gasteiger partial charge >= 0.3 is 0 Å². The Morgan fingerprint density at radius 3 is 2.81 bits per heavy atom. The molecule has 1 spiro atoms. The molecule has 0 unspecified atom stereocenters. The van der Waals surface area contributed by atoms with Crippen LogP contribution in [0.4, 0.5) is 0 Å². The monoisotopic (exact) mass is 302 g/mol. The fourth-order valence-electron chi connectivity index (χ4n) is 5.01. The van der Waals surface area contributed by atoms with Crippen LogP contribution in [0.15, 0.2) is 0 Å². The van der Waals surface area contributed by atoms with Crippen LogP contribution in [-0.2, 0) is 24.0 Å². The molecule has 8 atom stereocenters. The van der Waals surface area contributed by atoms with Gasteiger partial charge in [0.25, 0.3) is 0 Å².